The highest BCUT2D eigenvalue weighted by Crippen LogP contribution is 2.09. The standard InChI is InChI=1S/C11H15ClN2O2/c1-7(2)10(6-15)14-11(16)9-5-8(12)3-4-13-9/h3-5,7,10,15H,6H2,1-2H3,(H,14,16)/t10-/m1/s1. The SMILES string of the molecule is CC(C)[C@@H](CO)NC(=O)c1cc(Cl)ccn1. The molecular formula is C11H15ClN2O2. The zero-order valence-corrected chi connectivity index (χ0v) is 10.0. The molecule has 88 valence electrons. The van der Waals surface area contributed by atoms with Crippen LogP contribution in [0.15, 0.2) is 18.3 Å². The molecule has 0 aliphatic rings. The molecule has 1 heterocycles. The first-order valence-electron chi connectivity index (χ1n) is 5.08. The number of pyridine rings is 1. The molecule has 1 rings (SSSR count). The Hall–Kier alpha value is -1.13. The summed E-state index contributed by atoms with van der Waals surface area (Å²) in [6.45, 7) is 3.75. The number of nitrogens with zero attached hydrogens (tertiary/aromatic N) is 1. The Morgan fingerprint density at radius 3 is 2.81 bits per heavy atom. The van der Waals surface area contributed by atoms with Crippen molar-refractivity contribution in [3.8, 4) is 0 Å². The second-order valence-electron chi connectivity index (χ2n) is 3.87. The maximum Gasteiger partial charge on any atom is 0.270 e. The molecule has 2 N–H and O–H groups in total. The molecule has 1 atom stereocenters. The van der Waals surface area contributed by atoms with Crippen molar-refractivity contribution in [1.29, 1.82) is 0 Å². The van der Waals surface area contributed by atoms with E-state index in [-0.39, 0.29) is 30.2 Å². The highest BCUT2D eigenvalue weighted by molar-refractivity contribution is 6.30. The highest BCUT2D eigenvalue weighted by Gasteiger charge is 2.16. The van der Waals surface area contributed by atoms with Gasteiger partial charge in [0.05, 0.1) is 12.6 Å². The van der Waals surface area contributed by atoms with E-state index >= 15 is 0 Å². The molecule has 0 aliphatic heterocycles. The van der Waals surface area contributed by atoms with Crippen molar-refractivity contribution >= 4 is 17.5 Å². The van der Waals surface area contributed by atoms with Crippen LogP contribution in [0.4, 0.5) is 0 Å². The Labute approximate surface area is 99.6 Å². The van der Waals surface area contributed by atoms with Crippen LogP contribution in [0.25, 0.3) is 0 Å². The summed E-state index contributed by atoms with van der Waals surface area (Å²) in [5.41, 5.74) is 0.256. The predicted molar refractivity (Wildman–Crippen MR) is 62.4 cm³/mol. The van der Waals surface area contributed by atoms with Gasteiger partial charge in [-0.25, -0.2) is 0 Å². The molecule has 4 nitrogen and oxygen atoms in total. The van der Waals surface area contributed by atoms with Crippen molar-refractivity contribution in [3.63, 3.8) is 0 Å². The van der Waals surface area contributed by atoms with Gasteiger partial charge >= 0.3 is 0 Å². The first-order valence-corrected chi connectivity index (χ1v) is 5.45. The number of aliphatic hydroxyl groups excluding tert-OH is 1. The van der Waals surface area contributed by atoms with Crippen molar-refractivity contribution in [3.05, 3.63) is 29.0 Å². The van der Waals surface area contributed by atoms with E-state index in [9.17, 15) is 4.79 Å². The Balaban J connectivity index is 2.72. The first kappa shape index (κ1) is 12.9. The molecule has 0 saturated heterocycles. The van der Waals surface area contributed by atoms with Gasteiger partial charge in [0.25, 0.3) is 5.91 Å². The Kier molecular flexibility index (Phi) is 4.71. The quantitative estimate of drug-likeness (QED) is 0.841. The number of amides is 1. The minimum absolute atomic E-state index is 0.0933. The van der Waals surface area contributed by atoms with Crippen molar-refractivity contribution < 1.29 is 9.90 Å². The Morgan fingerprint density at radius 2 is 2.31 bits per heavy atom. The molecule has 1 aromatic heterocycles. The molecule has 1 aromatic rings. The molecule has 0 aliphatic carbocycles. The van der Waals surface area contributed by atoms with E-state index in [0.29, 0.717) is 5.02 Å². The number of hydrogen-bond acceptors (Lipinski definition) is 3. The largest absolute Gasteiger partial charge is 0.394 e. The molecule has 0 aromatic carbocycles. The molecular weight excluding hydrogens is 228 g/mol. The fourth-order valence-electron chi connectivity index (χ4n) is 1.19. The van der Waals surface area contributed by atoms with Crippen LogP contribution in [0.3, 0.4) is 0 Å². The maximum absolute atomic E-state index is 11.7. The number of carbonyl (C=O) groups is 1. The van der Waals surface area contributed by atoms with Gasteiger partial charge in [0.1, 0.15) is 5.69 Å². The number of rotatable bonds is 4. The summed E-state index contributed by atoms with van der Waals surface area (Å²) < 4.78 is 0. The number of halogens is 1. The van der Waals surface area contributed by atoms with E-state index in [1.54, 1.807) is 6.07 Å². The highest BCUT2D eigenvalue weighted by atomic mass is 35.5. The number of aromatic nitrogens is 1. The first-order chi connectivity index (χ1) is 7.54. The van der Waals surface area contributed by atoms with Gasteiger partial charge in [-0.3, -0.25) is 9.78 Å². The fourth-order valence-corrected chi connectivity index (χ4v) is 1.35. The van der Waals surface area contributed by atoms with Crippen molar-refractivity contribution in [2.24, 2.45) is 5.92 Å². The van der Waals surface area contributed by atoms with Crippen molar-refractivity contribution in [2.75, 3.05) is 6.61 Å². The molecule has 0 radical (unpaired) electrons. The summed E-state index contributed by atoms with van der Waals surface area (Å²) >= 11 is 5.75. The van der Waals surface area contributed by atoms with Crippen LogP contribution in [-0.2, 0) is 0 Å². The molecule has 1 amide bonds. The normalized spacial score (nSPS) is 12.6. The molecule has 5 heteroatoms. The van der Waals surface area contributed by atoms with Crippen LogP contribution < -0.4 is 5.32 Å². The lowest BCUT2D eigenvalue weighted by atomic mass is 10.1. The van der Waals surface area contributed by atoms with E-state index in [4.69, 9.17) is 16.7 Å². The average molecular weight is 243 g/mol. The zero-order chi connectivity index (χ0) is 12.1. The molecule has 0 fully saturated rings. The third-order valence-corrected chi connectivity index (χ3v) is 2.51. The molecule has 0 saturated carbocycles. The zero-order valence-electron chi connectivity index (χ0n) is 9.27. The predicted octanol–water partition coefficient (Wildman–Crippen LogP) is 1.48. The maximum atomic E-state index is 11.7. The van der Waals surface area contributed by atoms with Gasteiger partial charge in [-0.05, 0) is 18.1 Å². The topological polar surface area (TPSA) is 62.2 Å². The van der Waals surface area contributed by atoms with E-state index < -0.39 is 0 Å². The Bertz CT molecular complexity index is 369. The number of hydrogen-bond donors (Lipinski definition) is 2. The second-order valence-corrected chi connectivity index (χ2v) is 4.30. The fraction of sp³-hybridized carbons (Fsp3) is 0.455. The van der Waals surface area contributed by atoms with Crippen molar-refractivity contribution in [2.45, 2.75) is 19.9 Å². The smallest absolute Gasteiger partial charge is 0.270 e. The minimum Gasteiger partial charge on any atom is -0.394 e. The van der Waals surface area contributed by atoms with E-state index in [0.717, 1.165) is 0 Å². The van der Waals surface area contributed by atoms with Gasteiger partial charge in [-0.1, -0.05) is 25.4 Å². The van der Waals surface area contributed by atoms with Gasteiger partial charge in [-0.2, -0.15) is 0 Å². The molecule has 0 unspecified atom stereocenters. The van der Waals surface area contributed by atoms with Crippen molar-refractivity contribution in [1.82, 2.24) is 10.3 Å². The second kappa shape index (κ2) is 5.82. The molecule has 16 heavy (non-hydrogen) atoms. The lowest BCUT2D eigenvalue weighted by Crippen LogP contribution is -2.41. The number of nitrogens with one attached hydrogen (secondary N) is 1. The van der Waals surface area contributed by atoms with Gasteiger partial charge in [0, 0.05) is 11.2 Å². The van der Waals surface area contributed by atoms with E-state index in [1.165, 1.54) is 12.3 Å². The summed E-state index contributed by atoms with van der Waals surface area (Å²) in [6, 6.07) is 2.82. The molecule has 0 spiro atoms. The Morgan fingerprint density at radius 1 is 1.62 bits per heavy atom. The summed E-state index contributed by atoms with van der Waals surface area (Å²) in [7, 11) is 0. The van der Waals surface area contributed by atoms with Crippen LogP contribution in [0.2, 0.25) is 5.02 Å². The number of carbonyl (C=O) groups excluding carboxylic acids is 1. The van der Waals surface area contributed by atoms with Gasteiger partial charge in [-0.15, -0.1) is 0 Å². The average Bonchev–Trinajstić information content (AvgIpc) is 2.25. The lowest BCUT2D eigenvalue weighted by molar-refractivity contribution is 0.0892. The van der Waals surface area contributed by atoms with Gasteiger partial charge in [0.2, 0.25) is 0 Å². The lowest BCUT2D eigenvalue weighted by Gasteiger charge is -2.19. The van der Waals surface area contributed by atoms with Crippen LogP contribution in [-0.4, -0.2) is 28.6 Å². The van der Waals surface area contributed by atoms with Crippen LogP contribution in [0.1, 0.15) is 24.3 Å². The van der Waals surface area contributed by atoms with Crippen LogP contribution in [0, 0.1) is 5.92 Å². The van der Waals surface area contributed by atoms with E-state index in [1.807, 2.05) is 13.8 Å². The third-order valence-electron chi connectivity index (χ3n) is 2.27. The monoisotopic (exact) mass is 242 g/mol. The molecule has 0 bridgehead atoms. The summed E-state index contributed by atoms with van der Waals surface area (Å²) in [6.07, 6.45) is 1.47. The number of aliphatic hydroxyl groups is 1. The summed E-state index contributed by atoms with van der Waals surface area (Å²) in [4.78, 5) is 15.6. The van der Waals surface area contributed by atoms with Crippen LogP contribution >= 0.6 is 11.6 Å². The van der Waals surface area contributed by atoms with Gasteiger partial charge in [0.15, 0.2) is 0 Å². The summed E-state index contributed by atoms with van der Waals surface area (Å²) in [5.74, 6) is -0.164. The third kappa shape index (κ3) is 3.47. The van der Waals surface area contributed by atoms with E-state index in [2.05, 4.69) is 10.3 Å². The van der Waals surface area contributed by atoms with Gasteiger partial charge < -0.3 is 10.4 Å². The summed E-state index contributed by atoms with van der Waals surface area (Å²) in [5, 5.41) is 12.2. The minimum atomic E-state index is -0.324. The van der Waals surface area contributed by atoms with Crippen LogP contribution in [0.5, 0.6) is 0 Å².